The van der Waals surface area contributed by atoms with E-state index < -0.39 is 0 Å². The minimum absolute atomic E-state index is 0.0235. The molecule has 0 saturated heterocycles. The van der Waals surface area contributed by atoms with Crippen molar-refractivity contribution < 1.29 is 9.53 Å². The third kappa shape index (κ3) is 4.21. The molecule has 1 heterocycles. The maximum Gasteiger partial charge on any atom is 0.239 e. The molecule has 0 aliphatic heterocycles. The summed E-state index contributed by atoms with van der Waals surface area (Å²) < 4.78 is 6.82. The number of amides is 1. The van der Waals surface area contributed by atoms with Crippen LogP contribution in [0, 0.1) is 6.92 Å². The quantitative estimate of drug-likeness (QED) is 0.638. The number of rotatable bonds is 8. The fraction of sp³-hybridized carbons (Fsp3) is 0.692. The average molecular weight is 283 g/mol. The number of methoxy groups -OCH3 is 1. The molecule has 1 amide bonds. The molecule has 0 aliphatic carbocycles. The molecular formula is C13H25N5O2. The van der Waals surface area contributed by atoms with Gasteiger partial charge < -0.3 is 20.3 Å². The Bertz CT molecular complexity index is 444. The smallest absolute Gasteiger partial charge is 0.239 e. The van der Waals surface area contributed by atoms with E-state index in [0.29, 0.717) is 19.7 Å². The van der Waals surface area contributed by atoms with Crippen molar-refractivity contribution in [3.8, 4) is 0 Å². The third-order valence-electron chi connectivity index (χ3n) is 3.12. The number of anilines is 1. The summed E-state index contributed by atoms with van der Waals surface area (Å²) in [6.07, 6.45) is 0. The number of nitrogens with one attached hydrogen (secondary N) is 2. The average Bonchev–Trinajstić information content (AvgIpc) is 2.69. The van der Waals surface area contributed by atoms with E-state index in [9.17, 15) is 4.79 Å². The van der Waals surface area contributed by atoms with Gasteiger partial charge in [-0.1, -0.05) is 0 Å². The Kier molecular flexibility index (Phi) is 6.47. The molecule has 20 heavy (non-hydrogen) atoms. The summed E-state index contributed by atoms with van der Waals surface area (Å²) in [5, 5.41) is 10.4. The lowest BCUT2D eigenvalue weighted by Gasteiger charge is -2.20. The van der Waals surface area contributed by atoms with Crippen LogP contribution < -0.4 is 15.5 Å². The summed E-state index contributed by atoms with van der Waals surface area (Å²) in [5.74, 6) is 0.931. The van der Waals surface area contributed by atoms with Crippen LogP contribution in [0.3, 0.4) is 0 Å². The van der Waals surface area contributed by atoms with E-state index in [0.717, 1.165) is 23.6 Å². The van der Waals surface area contributed by atoms with Crippen LogP contribution in [-0.2, 0) is 23.1 Å². The van der Waals surface area contributed by atoms with Crippen molar-refractivity contribution in [3.05, 3.63) is 11.3 Å². The summed E-state index contributed by atoms with van der Waals surface area (Å²) in [6, 6.07) is 0. The molecule has 0 aliphatic rings. The highest BCUT2D eigenvalue weighted by Crippen LogP contribution is 2.21. The zero-order valence-corrected chi connectivity index (χ0v) is 13.0. The minimum Gasteiger partial charge on any atom is -0.383 e. The van der Waals surface area contributed by atoms with Gasteiger partial charge in [0.25, 0.3) is 0 Å². The van der Waals surface area contributed by atoms with E-state index in [-0.39, 0.29) is 5.91 Å². The van der Waals surface area contributed by atoms with Crippen LogP contribution in [0.1, 0.15) is 11.3 Å². The van der Waals surface area contributed by atoms with E-state index in [1.807, 2.05) is 30.6 Å². The lowest BCUT2D eigenvalue weighted by Crippen LogP contribution is -2.34. The lowest BCUT2D eigenvalue weighted by molar-refractivity contribution is -0.119. The van der Waals surface area contributed by atoms with Gasteiger partial charge in [0, 0.05) is 46.9 Å². The Morgan fingerprint density at radius 3 is 2.80 bits per heavy atom. The van der Waals surface area contributed by atoms with E-state index in [2.05, 4.69) is 15.7 Å². The lowest BCUT2D eigenvalue weighted by atomic mass is 10.2. The zero-order chi connectivity index (χ0) is 15.1. The fourth-order valence-electron chi connectivity index (χ4n) is 2.13. The topological polar surface area (TPSA) is 71.4 Å². The summed E-state index contributed by atoms with van der Waals surface area (Å²) in [7, 11) is 7.10. The molecule has 1 aromatic rings. The maximum atomic E-state index is 11.5. The second-order valence-corrected chi connectivity index (χ2v) is 4.71. The largest absolute Gasteiger partial charge is 0.383 e. The first kappa shape index (κ1) is 16.5. The van der Waals surface area contributed by atoms with Gasteiger partial charge in [-0.2, -0.15) is 5.10 Å². The number of aryl methyl sites for hydroxylation is 2. The van der Waals surface area contributed by atoms with Crippen molar-refractivity contribution in [1.29, 1.82) is 0 Å². The summed E-state index contributed by atoms with van der Waals surface area (Å²) in [5.41, 5.74) is 2.08. The van der Waals surface area contributed by atoms with Gasteiger partial charge in [-0.15, -0.1) is 0 Å². The molecule has 0 aromatic carbocycles. The van der Waals surface area contributed by atoms with Crippen molar-refractivity contribution in [2.45, 2.75) is 13.5 Å². The number of carbonyl (C=O) groups excluding carboxylic acids is 1. The molecule has 0 unspecified atom stereocenters. The van der Waals surface area contributed by atoms with Gasteiger partial charge in [-0.05, 0) is 6.92 Å². The van der Waals surface area contributed by atoms with Gasteiger partial charge in [0.05, 0.1) is 18.8 Å². The van der Waals surface area contributed by atoms with Gasteiger partial charge in [-0.25, -0.2) is 0 Å². The maximum absolute atomic E-state index is 11.5. The summed E-state index contributed by atoms with van der Waals surface area (Å²) in [6.45, 7) is 4.44. The Labute approximate surface area is 120 Å². The SMILES string of the molecule is CNC(=O)CN(C)c1c(CNCCOC)c(C)nn1C. The molecule has 0 spiro atoms. The third-order valence-corrected chi connectivity index (χ3v) is 3.12. The molecule has 0 atom stereocenters. The van der Waals surface area contributed by atoms with Crippen LogP contribution in [0.25, 0.3) is 0 Å². The second kappa shape index (κ2) is 7.86. The van der Waals surface area contributed by atoms with Crippen LogP contribution in [-0.4, -0.2) is 56.6 Å². The molecule has 0 bridgehead atoms. The first-order valence-corrected chi connectivity index (χ1v) is 6.65. The molecule has 0 saturated carbocycles. The van der Waals surface area contributed by atoms with Crippen molar-refractivity contribution >= 4 is 11.7 Å². The van der Waals surface area contributed by atoms with E-state index in [4.69, 9.17) is 4.74 Å². The van der Waals surface area contributed by atoms with E-state index in [1.165, 1.54) is 0 Å². The number of hydrogen-bond donors (Lipinski definition) is 2. The molecular weight excluding hydrogens is 258 g/mol. The molecule has 1 aromatic heterocycles. The van der Waals surface area contributed by atoms with Crippen molar-refractivity contribution in [2.24, 2.45) is 7.05 Å². The fourth-order valence-corrected chi connectivity index (χ4v) is 2.13. The Morgan fingerprint density at radius 2 is 2.20 bits per heavy atom. The molecule has 1 rings (SSSR count). The van der Waals surface area contributed by atoms with Gasteiger partial charge in [0.15, 0.2) is 0 Å². The first-order valence-electron chi connectivity index (χ1n) is 6.65. The van der Waals surface area contributed by atoms with Gasteiger partial charge >= 0.3 is 0 Å². The van der Waals surface area contributed by atoms with Gasteiger partial charge in [0.2, 0.25) is 5.91 Å². The monoisotopic (exact) mass is 283 g/mol. The highest BCUT2D eigenvalue weighted by molar-refractivity contribution is 5.80. The molecule has 7 nitrogen and oxygen atoms in total. The van der Waals surface area contributed by atoms with E-state index >= 15 is 0 Å². The van der Waals surface area contributed by atoms with Crippen LogP contribution >= 0.6 is 0 Å². The Balaban J connectivity index is 2.80. The highest BCUT2D eigenvalue weighted by Gasteiger charge is 2.18. The molecule has 7 heteroatoms. The van der Waals surface area contributed by atoms with Crippen molar-refractivity contribution in [1.82, 2.24) is 20.4 Å². The van der Waals surface area contributed by atoms with Crippen LogP contribution in [0.2, 0.25) is 0 Å². The normalized spacial score (nSPS) is 10.7. The number of hydrogen-bond acceptors (Lipinski definition) is 5. The van der Waals surface area contributed by atoms with Crippen LogP contribution in [0.4, 0.5) is 5.82 Å². The summed E-state index contributed by atoms with van der Waals surface area (Å²) >= 11 is 0. The highest BCUT2D eigenvalue weighted by atomic mass is 16.5. The number of nitrogens with zero attached hydrogens (tertiary/aromatic N) is 3. The molecule has 2 N–H and O–H groups in total. The van der Waals surface area contributed by atoms with Gasteiger partial charge in [-0.3, -0.25) is 9.48 Å². The number of ether oxygens (including phenoxy) is 1. The van der Waals surface area contributed by atoms with Crippen molar-refractivity contribution in [2.75, 3.05) is 45.8 Å². The first-order chi connectivity index (χ1) is 9.51. The number of likely N-dealkylation sites (N-methyl/N-ethyl adjacent to an activating group) is 2. The molecule has 0 fully saturated rings. The molecule has 114 valence electrons. The minimum atomic E-state index is -0.0235. The Hall–Kier alpha value is -1.60. The van der Waals surface area contributed by atoms with Crippen molar-refractivity contribution in [3.63, 3.8) is 0 Å². The second-order valence-electron chi connectivity index (χ2n) is 4.71. The Morgan fingerprint density at radius 1 is 1.50 bits per heavy atom. The predicted octanol–water partition coefficient (Wildman–Crippen LogP) is -0.353. The van der Waals surface area contributed by atoms with Crippen LogP contribution in [0.15, 0.2) is 0 Å². The van der Waals surface area contributed by atoms with Gasteiger partial charge in [0.1, 0.15) is 5.82 Å². The van der Waals surface area contributed by atoms with Crippen LogP contribution in [0.5, 0.6) is 0 Å². The number of aromatic nitrogens is 2. The summed E-state index contributed by atoms with van der Waals surface area (Å²) in [4.78, 5) is 13.4. The zero-order valence-electron chi connectivity index (χ0n) is 13.0. The molecule has 0 radical (unpaired) electrons. The standard InChI is InChI=1S/C13H25N5O2/c1-10-11(8-15-6-7-20-5)13(18(4)16-10)17(3)9-12(19)14-2/h15H,6-9H2,1-5H3,(H,14,19). The predicted molar refractivity (Wildman–Crippen MR) is 78.9 cm³/mol. The van der Waals surface area contributed by atoms with E-state index in [1.54, 1.807) is 14.2 Å². The number of carbonyl (C=O) groups is 1.